The zero-order valence-electron chi connectivity index (χ0n) is 7.66. The Hall–Kier alpha value is -1.13. The van der Waals surface area contributed by atoms with E-state index in [1.54, 1.807) is 13.3 Å². The monoisotopic (exact) mass is 182 g/mol. The molecule has 4 nitrogen and oxygen atoms in total. The third kappa shape index (κ3) is 3.40. The number of hydrogen-bond acceptors (Lipinski definition) is 4. The number of hydrogen-bond donors (Lipinski definition) is 2. The van der Waals surface area contributed by atoms with Gasteiger partial charge in [-0.3, -0.25) is 0 Å². The van der Waals surface area contributed by atoms with Crippen molar-refractivity contribution in [2.75, 3.05) is 20.3 Å². The maximum Gasteiger partial charge on any atom is 0.212 e. The smallest absolute Gasteiger partial charge is 0.212 e. The Morgan fingerprint density at radius 1 is 1.54 bits per heavy atom. The minimum Gasteiger partial charge on any atom is -0.481 e. The van der Waals surface area contributed by atoms with Crippen LogP contribution < -0.4 is 10.1 Å². The summed E-state index contributed by atoms with van der Waals surface area (Å²) in [5.74, 6) is 0.617. The lowest BCUT2D eigenvalue weighted by atomic mass is 10.3. The van der Waals surface area contributed by atoms with Crippen LogP contribution in [0.3, 0.4) is 0 Å². The maximum atomic E-state index is 8.53. The minimum atomic E-state index is 0.156. The zero-order valence-corrected chi connectivity index (χ0v) is 7.66. The molecule has 0 atom stereocenters. The number of nitrogens with zero attached hydrogens (tertiary/aromatic N) is 1. The first-order valence-electron chi connectivity index (χ1n) is 4.17. The van der Waals surface area contributed by atoms with E-state index in [9.17, 15) is 0 Å². The van der Waals surface area contributed by atoms with Gasteiger partial charge in [0.1, 0.15) is 0 Å². The number of rotatable bonds is 5. The Morgan fingerprint density at radius 2 is 2.38 bits per heavy atom. The van der Waals surface area contributed by atoms with Crippen molar-refractivity contribution in [2.24, 2.45) is 0 Å². The van der Waals surface area contributed by atoms with Crippen molar-refractivity contribution < 1.29 is 9.84 Å². The van der Waals surface area contributed by atoms with Crippen LogP contribution in [-0.4, -0.2) is 30.4 Å². The molecule has 0 spiro atoms. The third-order valence-corrected chi connectivity index (χ3v) is 1.62. The predicted molar refractivity (Wildman–Crippen MR) is 49.6 cm³/mol. The van der Waals surface area contributed by atoms with Gasteiger partial charge in [0.25, 0.3) is 0 Å². The molecule has 0 fully saturated rings. The topological polar surface area (TPSA) is 54.4 Å². The largest absolute Gasteiger partial charge is 0.481 e. The van der Waals surface area contributed by atoms with Crippen LogP contribution in [0, 0.1) is 0 Å². The number of ether oxygens (including phenoxy) is 1. The van der Waals surface area contributed by atoms with Crippen LogP contribution in [0.1, 0.15) is 5.56 Å². The van der Waals surface area contributed by atoms with Crippen molar-refractivity contribution in [1.29, 1.82) is 0 Å². The molecule has 4 heteroatoms. The number of pyridine rings is 1. The Morgan fingerprint density at radius 3 is 2.92 bits per heavy atom. The van der Waals surface area contributed by atoms with E-state index in [2.05, 4.69) is 10.3 Å². The van der Waals surface area contributed by atoms with Crippen molar-refractivity contribution in [3.63, 3.8) is 0 Å². The second kappa shape index (κ2) is 5.50. The molecule has 1 heterocycles. The zero-order chi connectivity index (χ0) is 9.52. The van der Waals surface area contributed by atoms with E-state index < -0.39 is 0 Å². The summed E-state index contributed by atoms with van der Waals surface area (Å²) in [6.07, 6.45) is 1.75. The molecule has 1 rings (SSSR count). The van der Waals surface area contributed by atoms with Crippen molar-refractivity contribution in [2.45, 2.75) is 6.54 Å². The molecule has 72 valence electrons. The van der Waals surface area contributed by atoms with E-state index in [0.717, 1.165) is 12.1 Å². The molecule has 0 saturated heterocycles. The first-order chi connectivity index (χ1) is 6.36. The van der Waals surface area contributed by atoms with Crippen LogP contribution in [-0.2, 0) is 6.54 Å². The molecule has 13 heavy (non-hydrogen) atoms. The summed E-state index contributed by atoms with van der Waals surface area (Å²) in [4.78, 5) is 4.05. The first-order valence-corrected chi connectivity index (χ1v) is 4.17. The van der Waals surface area contributed by atoms with E-state index in [-0.39, 0.29) is 6.61 Å². The molecule has 0 unspecified atom stereocenters. The molecule has 0 aliphatic carbocycles. The Balaban J connectivity index is 2.40. The van der Waals surface area contributed by atoms with Crippen LogP contribution >= 0.6 is 0 Å². The molecule has 0 bridgehead atoms. The van der Waals surface area contributed by atoms with Crippen LogP contribution in [0.15, 0.2) is 18.3 Å². The fourth-order valence-electron chi connectivity index (χ4n) is 0.948. The van der Waals surface area contributed by atoms with Crippen LogP contribution in [0.2, 0.25) is 0 Å². The normalized spacial score (nSPS) is 10.0. The van der Waals surface area contributed by atoms with Crippen molar-refractivity contribution >= 4 is 0 Å². The van der Waals surface area contributed by atoms with Gasteiger partial charge in [-0.2, -0.15) is 0 Å². The van der Waals surface area contributed by atoms with E-state index >= 15 is 0 Å². The molecule has 1 aromatic heterocycles. The van der Waals surface area contributed by atoms with Crippen molar-refractivity contribution in [3.8, 4) is 5.88 Å². The summed E-state index contributed by atoms with van der Waals surface area (Å²) in [6.45, 7) is 1.48. The molecule has 0 aliphatic rings. The Bertz CT molecular complexity index is 236. The van der Waals surface area contributed by atoms with Gasteiger partial charge in [0.15, 0.2) is 0 Å². The molecule has 0 amide bonds. The fraction of sp³-hybridized carbons (Fsp3) is 0.444. The molecule has 0 aliphatic heterocycles. The molecular formula is C9H14N2O2. The quantitative estimate of drug-likeness (QED) is 0.637. The Labute approximate surface area is 77.6 Å². The van der Waals surface area contributed by atoms with Gasteiger partial charge < -0.3 is 15.2 Å². The molecule has 0 radical (unpaired) electrons. The standard InChI is InChI=1S/C9H14N2O2/c1-13-9-3-2-8(7-11-9)6-10-4-5-12/h2-3,7,10,12H,4-6H2,1H3. The molecule has 0 saturated carbocycles. The highest BCUT2D eigenvalue weighted by atomic mass is 16.5. The fourth-order valence-corrected chi connectivity index (χ4v) is 0.948. The van der Waals surface area contributed by atoms with Gasteiger partial charge in [-0.15, -0.1) is 0 Å². The molecule has 0 aromatic carbocycles. The van der Waals surface area contributed by atoms with Gasteiger partial charge in [0.05, 0.1) is 13.7 Å². The molecule has 2 N–H and O–H groups in total. The van der Waals surface area contributed by atoms with Crippen LogP contribution in [0.25, 0.3) is 0 Å². The average molecular weight is 182 g/mol. The lowest BCUT2D eigenvalue weighted by Crippen LogP contribution is -2.17. The summed E-state index contributed by atoms with van der Waals surface area (Å²) >= 11 is 0. The van der Waals surface area contributed by atoms with Gasteiger partial charge in [0, 0.05) is 25.4 Å². The van der Waals surface area contributed by atoms with Gasteiger partial charge in [0.2, 0.25) is 5.88 Å². The van der Waals surface area contributed by atoms with Crippen LogP contribution in [0.4, 0.5) is 0 Å². The highest BCUT2D eigenvalue weighted by molar-refractivity contribution is 5.17. The third-order valence-electron chi connectivity index (χ3n) is 1.62. The summed E-state index contributed by atoms with van der Waals surface area (Å²) in [5, 5.41) is 11.6. The number of aromatic nitrogens is 1. The summed E-state index contributed by atoms with van der Waals surface area (Å²) in [7, 11) is 1.59. The van der Waals surface area contributed by atoms with E-state index in [1.807, 2.05) is 12.1 Å². The van der Waals surface area contributed by atoms with E-state index in [0.29, 0.717) is 12.4 Å². The highest BCUT2D eigenvalue weighted by Crippen LogP contribution is 2.05. The Kier molecular flexibility index (Phi) is 4.21. The molecular weight excluding hydrogens is 168 g/mol. The van der Waals surface area contributed by atoms with Gasteiger partial charge in [-0.1, -0.05) is 6.07 Å². The van der Waals surface area contributed by atoms with E-state index in [1.165, 1.54) is 0 Å². The van der Waals surface area contributed by atoms with Crippen molar-refractivity contribution in [3.05, 3.63) is 23.9 Å². The first kappa shape index (κ1) is 9.95. The van der Waals surface area contributed by atoms with Gasteiger partial charge in [-0.05, 0) is 5.56 Å². The predicted octanol–water partition coefficient (Wildman–Crippen LogP) is 0.172. The van der Waals surface area contributed by atoms with Crippen LogP contribution in [0.5, 0.6) is 5.88 Å². The lowest BCUT2D eigenvalue weighted by molar-refractivity contribution is 0.292. The maximum absolute atomic E-state index is 8.53. The summed E-state index contributed by atoms with van der Waals surface area (Å²) in [6, 6.07) is 3.76. The SMILES string of the molecule is COc1ccc(CNCCO)cn1. The average Bonchev–Trinajstić information content (AvgIpc) is 2.19. The number of aliphatic hydroxyl groups excluding tert-OH is 1. The van der Waals surface area contributed by atoms with E-state index in [4.69, 9.17) is 9.84 Å². The summed E-state index contributed by atoms with van der Waals surface area (Å²) < 4.78 is 4.92. The van der Waals surface area contributed by atoms with Gasteiger partial charge in [-0.25, -0.2) is 4.98 Å². The minimum absolute atomic E-state index is 0.156. The number of methoxy groups -OCH3 is 1. The second-order valence-electron chi connectivity index (χ2n) is 2.61. The highest BCUT2D eigenvalue weighted by Gasteiger charge is 1.94. The molecule has 1 aromatic rings. The number of aliphatic hydroxyl groups is 1. The number of nitrogens with one attached hydrogen (secondary N) is 1. The van der Waals surface area contributed by atoms with Crippen molar-refractivity contribution in [1.82, 2.24) is 10.3 Å². The van der Waals surface area contributed by atoms with Gasteiger partial charge >= 0.3 is 0 Å². The second-order valence-corrected chi connectivity index (χ2v) is 2.61. The summed E-state index contributed by atoms with van der Waals surface area (Å²) in [5.41, 5.74) is 1.08. The lowest BCUT2D eigenvalue weighted by Gasteiger charge is -2.03.